The lowest BCUT2D eigenvalue weighted by molar-refractivity contribution is 0.500. The lowest BCUT2D eigenvalue weighted by atomic mass is 10.1. The first-order valence-corrected chi connectivity index (χ1v) is 7.15. The number of aryl methyl sites for hydroxylation is 2. The molecule has 0 aliphatic rings. The second kappa shape index (κ2) is 5.75. The Hall–Kier alpha value is -2.01. The number of hydrogen-bond acceptors (Lipinski definition) is 4. The predicted octanol–water partition coefficient (Wildman–Crippen LogP) is 3.03. The molecule has 0 bridgehead atoms. The van der Waals surface area contributed by atoms with E-state index in [4.69, 9.17) is 0 Å². The fraction of sp³-hybridized carbons (Fsp3) is 0.214. The minimum atomic E-state index is 0.717. The van der Waals surface area contributed by atoms with E-state index in [0.717, 1.165) is 30.1 Å². The van der Waals surface area contributed by atoms with E-state index < -0.39 is 0 Å². The molecule has 0 spiro atoms. The molecule has 3 aromatic rings. The van der Waals surface area contributed by atoms with Crippen LogP contribution in [-0.2, 0) is 13.0 Å². The van der Waals surface area contributed by atoms with Crippen molar-refractivity contribution in [3.05, 3.63) is 53.4 Å². The lowest BCUT2D eigenvalue weighted by Gasteiger charge is -2.00. The summed E-state index contributed by atoms with van der Waals surface area (Å²) in [5.41, 5.74) is 1.35. The van der Waals surface area contributed by atoms with Crippen molar-refractivity contribution in [2.24, 2.45) is 0 Å². The van der Waals surface area contributed by atoms with Gasteiger partial charge in [0.1, 0.15) is 0 Å². The van der Waals surface area contributed by atoms with Crippen LogP contribution in [0.2, 0.25) is 0 Å². The molecule has 2 heterocycles. The molecule has 19 heavy (non-hydrogen) atoms. The topological polar surface area (TPSA) is 43.6 Å². The maximum absolute atomic E-state index is 4.39. The highest BCUT2D eigenvalue weighted by Crippen LogP contribution is 2.19. The van der Waals surface area contributed by atoms with Crippen molar-refractivity contribution >= 4 is 11.3 Å². The molecule has 0 saturated carbocycles. The van der Waals surface area contributed by atoms with Gasteiger partial charge in [0.15, 0.2) is 0 Å². The van der Waals surface area contributed by atoms with Gasteiger partial charge in [-0.3, -0.25) is 0 Å². The number of rotatable bonds is 5. The molecule has 0 saturated heterocycles. The molecule has 0 unspecified atom stereocenters. The number of tetrazole rings is 1. The first-order chi connectivity index (χ1) is 9.42. The fourth-order valence-corrected chi connectivity index (χ4v) is 2.56. The van der Waals surface area contributed by atoms with Crippen molar-refractivity contribution in [2.75, 3.05) is 0 Å². The van der Waals surface area contributed by atoms with Crippen LogP contribution >= 0.6 is 11.3 Å². The van der Waals surface area contributed by atoms with Crippen LogP contribution in [0, 0.1) is 0 Å². The molecule has 0 amide bonds. The van der Waals surface area contributed by atoms with Crippen LogP contribution in [0.5, 0.6) is 0 Å². The van der Waals surface area contributed by atoms with Crippen molar-refractivity contribution in [1.29, 1.82) is 0 Å². The van der Waals surface area contributed by atoms with Gasteiger partial charge in [-0.2, -0.15) is 4.80 Å². The summed E-state index contributed by atoms with van der Waals surface area (Å²) in [5.74, 6) is 0.717. The first kappa shape index (κ1) is 12.0. The summed E-state index contributed by atoms with van der Waals surface area (Å²) in [6.07, 6.45) is 2.06. The van der Waals surface area contributed by atoms with Gasteiger partial charge >= 0.3 is 0 Å². The van der Waals surface area contributed by atoms with E-state index in [2.05, 4.69) is 39.7 Å². The Balaban J connectivity index is 1.56. The van der Waals surface area contributed by atoms with E-state index >= 15 is 0 Å². The average molecular weight is 270 g/mol. The molecule has 1 aromatic carbocycles. The Morgan fingerprint density at radius 3 is 2.74 bits per heavy atom. The summed E-state index contributed by atoms with van der Waals surface area (Å²) in [6.45, 7) is 0.799. The Morgan fingerprint density at radius 1 is 1.05 bits per heavy atom. The van der Waals surface area contributed by atoms with Crippen molar-refractivity contribution < 1.29 is 0 Å². The summed E-state index contributed by atoms with van der Waals surface area (Å²) in [4.78, 5) is 2.74. The van der Waals surface area contributed by atoms with E-state index in [0.29, 0.717) is 0 Å². The second-order valence-electron chi connectivity index (χ2n) is 4.28. The first-order valence-electron chi connectivity index (χ1n) is 6.27. The van der Waals surface area contributed by atoms with Crippen LogP contribution < -0.4 is 0 Å². The Morgan fingerprint density at radius 2 is 1.95 bits per heavy atom. The summed E-state index contributed by atoms with van der Waals surface area (Å²) in [7, 11) is 0. The zero-order chi connectivity index (χ0) is 12.9. The maximum atomic E-state index is 4.39. The number of hydrogen-bond donors (Lipinski definition) is 0. The third-order valence-corrected chi connectivity index (χ3v) is 3.73. The molecule has 0 fully saturated rings. The molecule has 0 aliphatic carbocycles. The second-order valence-corrected chi connectivity index (χ2v) is 5.22. The van der Waals surface area contributed by atoms with E-state index in [1.165, 1.54) is 5.56 Å². The van der Waals surface area contributed by atoms with Crippen molar-refractivity contribution in [2.45, 2.75) is 19.4 Å². The quantitative estimate of drug-likeness (QED) is 0.715. The summed E-state index contributed by atoms with van der Waals surface area (Å²) >= 11 is 1.63. The molecule has 4 nitrogen and oxygen atoms in total. The zero-order valence-electron chi connectivity index (χ0n) is 10.4. The third-order valence-electron chi connectivity index (χ3n) is 2.86. The number of benzene rings is 1. The Bertz CT molecular complexity index is 616. The average Bonchev–Trinajstić information content (AvgIpc) is 3.10. The van der Waals surface area contributed by atoms with Crippen LogP contribution in [0.25, 0.3) is 10.7 Å². The monoisotopic (exact) mass is 270 g/mol. The summed E-state index contributed by atoms with van der Waals surface area (Å²) in [5, 5.41) is 14.6. The van der Waals surface area contributed by atoms with Gasteiger partial charge in [0, 0.05) is 0 Å². The van der Waals surface area contributed by atoms with Crippen LogP contribution in [-0.4, -0.2) is 20.2 Å². The predicted molar refractivity (Wildman–Crippen MR) is 75.9 cm³/mol. The minimum Gasteiger partial charge on any atom is -0.164 e. The minimum absolute atomic E-state index is 0.717. The van der Waals surface area contributed by atoms with Crippen LogP contribution in [0.4, 0.5) is 0 Å². The maximum Gasteiger partial charge on any atom is 0.214 e. The molecule has 0 atom stereocenters. The van der Waals surface area contributed by atoms with Crippen molar-refractivity contribution in [3.63, 3.8) is 0 Å². The standard InChI is InChI=1S/C14H14N4S/c1-2-6-12(7-3-1)8-4-10-18-16-14(15-17-18)13-9-5-11-19-13/h1-3,5-7,9,11H,4,8,10H2. The molecule has 96 valence electrons. The van der Waals surface area contributed by atoms with Gasteiger partial charge in [0.2, 0.25) is 5.82 Å². The lowest BCUT2D eigenvalue weighted by Crippen LogP contribution is -2.03. The fourth-order valence-electron chi connectivity index (χ4n) is 1.91. The van der Waals surface area contributed by atoms with E-state index in [-0.39, 0.29) is 0 Å². The molecule has 5 heteroatoms. The van der Waals surface area contributed by atoms with Crippen molar-refractivity contribution in [3.8, 4) is 10.7 Å². The van der Waals surface area contributed by atoms with Crippen LogP contribution in [0.3, 0.4) is 0 Å². The van der Waals surface area contributed by atoms with Crippen LogP contribution in [0.15, 0.2) is 47.8 Å². The molecular formula is C14H14N4S. The largest absolute Gasteiger partial charge is 0.214 e. The Labute approximate surface area is 115 Å². The van der Waals surface area contributed by atoms with Gasteiger partial charge < -0.3 is 0 Å². The highest BCUT2D eigenvalue weighted by Gasteiger charge is 2.06. The summed E-state index contributed by atoms with van der Waals surface area (Å²) in [6, 6.07) is 14.5. The highest BCUT2D eigenvalue weighted by atomic mass is 32.1. The third kappa shape index (κ3) is 3.06. The van der Waals surface area contributed by atoms with Gasteiger partial charge in [-0.25, -0.2) is 0 Å². The van der Waals surface area contributed by atoms with Gasteiger partial charge in [-0.15, -0.1) is 21.5 Å². The van der Waals surface area contributed by atoms with E-state index in [9.17, 15) is 0 Å². The molecular weight excluding hydrogens is 256 g/mol. The van der Waals surface area contributed by atoms with E-state index in [1.807, 2.05) is 23.6 Å². The van der Waals surface area contributed by atoms with Crippen LogP contribution in [0.1, 0.15) is 12.0 Å². The number of thiophene rings is 1. The van der Waals surface area contributed by atoms with Crippen molar-refractivity contribution in [1.82, 2.24) is 20.2 Å². The van der Waals surface area contributed by atoms with Gasteiger partial charge in [0.25, 0.3) is 0 Å². The smallest absolute Gasteiger partial charge is 0.164 e. The van der Waals surface area contributed by atoms with Gasteiger partial charge in [-0.05, 0) is 35.1 Å². The Kier molecular flexibility index (Phi) is 3.65. The number of nitrogens with zero attached hydrogens (tertiary/aromatic N) is 4. The van der Waals surface area contributed by atoms with Gasteiger partial charge in [0.05, 0.1) is 11.4 Å². The molecule has 0 aliphatic heterocycles. The van der Waals surface area contributed by atoms with Gasteiger partial charge in [-0.1, -0.05) is 36.4 Å². The highest BCUT2D eigenvalue weighted by molar-refractivity contribution is 7.13. The zero-order valence-corrected chi connectivity index (χ0v) is 11.3. The summed E-state index contributed by atoms with van der Waals surface area (Å²) < 4.78 is 0. The normalized spacial score (nSPS) is 10.7. The number of aromatic nitrogens is 4. The SMILES string of the molecule is c1ccc(CCCn2nnc(-c3cccs3)n2)cc1. The molecule has 3 rings (SSSR count). The molecule has 0 N–H and O–H groups in total. The van der Waals surface area contributed by atoms with E-state index in [1.54, 1.807) is 16.1 Å². The molecule has 0 radical (unpaired) electrons. The molecule has 2 aromatic heterocycles.